The number of ether oxygens (including phenoxy) is 1. The molecule has 4 heteroatoms. The zero-order chi connectivity index (χ0) is 15.0. The SMILES string of the molecule is COc1c(C2(CC(=O)O)CC2)cc2c(c1Br)CCCCC2. The fourth-order valence-electron chi connectivity index (χ4n) is 3.59. The van der Waals surface area contributed by atoms with Gasteiger partial charge in [0.05, 0.1) is 18.0 Å². The molecule has 2 aliphatic rings. The van der Waals surface area contributed by atoms with Gasteiger partial charge in [-0.1, -0.05) is 12.5 Å². The first-order valence-electron chi connectivity index (χ1n) is 7.68. The number of halogens is 1. The minimum Gasteiger partial charge on any atom is -0.495 e. The van der Waals surface area contributed by atoms with Gasteiger partial charge in [-0.2, -0.15) is 0 Å². The van der Waals surface area contributed by atoms with E-state index in [-0.39, 0.29) is 11.8 Å². The highest BCUT2D eigenvalue weighted by Crippen LogP contribution is 2.56. The summed E-state index contributed by atoms with van der Waals surface area (Å²) in [5, 5.41) is 9.21. The number of benzene rings is 1. The second kappa shape index (κ2) is 5.64. The molecule has 1 fully saturated rings. The number of hydrogen-bond donors (Lipinski definition) is 1. The van der Waals surface area contributed by atoms with Gasteiger partial charge >= 0.3 is 5.97 Å². The molecule has 21 heavy (non-hydrogen) atoms. The molecular formula is C17H21BrO3. The Hall–Kier alpha value is -1.03. The number of carbonyl (C=O) groups is 1. The summed E-state index contributed by atoms with van der Waals surface area (Å²) >= 11 is 3.73. The summed E-state index contributed by atoms with van der Waals surface area (Å²) in [5.41, 5.74) is 3.63. The third-order valence-corrected chi connectivity index (χ3v) is 5.75. The summed E-state index contributed by atoms with van der Waals surface area (Å²) in [4.78, 5) is 11.2. The molecule has 1 saturated carbocycles. The molecule has 114 valence electrons. The quantitative estimate of drug-likeness (QED) is 0.824. The van der Waals surface area contributed by atoms with Crippen molar-refractivity contribution in [2.75, 3.05) is 7.11 Å². The summed E-state index contributed by atoms with van der Waals surface area (Å²) in [7, 11) is 1.68. The molecule has 0 atom stereocenters. The number of hydrogen-bond acceptors (Lipinski definition) is 2. The van der Waals surface area contributed by atoms with Crippen molar-refractivity contribution in [3.05, 3.63) is 27.2 Å². The number of aliphatic carboxylic acids is 1. The van der Waals surface area contributed by atoms with Gasteiger partial charge in [-0.25, -0.2) is 0 Å². The van der Waals surface area contributed by atoms with E-state index in [4.69, 9.17) is 4.74 Å². The van der Waals surface area contributed by atoms with Crippen molar-refractivity contribution in [2.24, 2.45) is 0 Å². The molecule has 0 spiro atoms. The Bertz CT molecular complexity index is 576. The van der Waals surface area contributed by atoms with Gasteiger partial charge in [0.15, 0.2) is 0 Å². The van der Waals surface area contributed by atoms with Gasteiger partial charge in [0.2, 0.25) is 0 Å². The van der Waals surface area contributed by atoms with Gasteiger partial charge in [-0.15, -0.1) is 0 Å². The number of rotatable bonds is 4. The van der Waals surface area contributed by atoms with Crippen LogP contribution in [0.4, 0.5) is 0 Å². The molecule has 0 aromatic heterocycles. The molecule has 1 N–H and O–H groups in total. The van der Waals surface area contributed by atoms with Crippen LogP contribution in [0.3, 0.4) is 0 Å². The predicted molar refractivity (Wildman–Crippen MR) is 85.1 cm³/mol. The first-order chi connectivity index (χ1) is 10.1. The van der Waals surface area contributed by atoms with Crippen LogP contribution in [-0.2, 0) is 23.1 Å². The fraction of sp³-hybridized carbons (Fsp3) is 0.588. The van der Waals surface area contributed by atoms with Crippen LogP contribution in [0.25, 0.3) is 0 Å². The van der Waals surface area contributed by atoms with Crippen LogP contribution >= 0.6 is 15.9 Å². The Labute approximate surface area is 133 Å². The Morgan fingerprint density at radius 3 is 2.67 bits per heavy atom. The van der Waals surface area contributed by atoms with Crippen LogP contribution in [0.2, 0.25) is 0 Å². The van der Waals surface area contributed by atoms with Crippen LogP contribution in [0, 0.1) is 0 Å². The summed E-state index contributed by atoms with van der Waals surface area (Å²) in [6.07, 6.45) is 7.97. The third-order valence-electron chi connectivity index (χ3n) is 4.91. The molecule has 2 aliphatic carbocycles. The number of aryl methyl sites for hydroxylation is 1. The van der Waals surface area contributed by atoms with Crippen LogP contribution in [0.5, 0.6) is 5.75 Å². The van der Waals surface area contributed by atoms with Gasteiger partial charge in [-0.3, -0.25) is 4.79 Å². The topological polar surface area (TPSA) is 46.5 Å². The first-order valence-corrected chi connectivity index (χ1v) is 8.47. The number of fused-ring (bicyclic) bond motifs is 1. The van der Waals surface area contributed by atoms with Crippen LogP contribution in [0.1, 0.15) is 55.2 Å². The Morgan fingerprint density at radius 1 is 1.33 bits per heavy atom. The highest BCUT2D eigenvalue weighted by Gasteiger charge is 2.48. The summed E-state index contributed by atoms with van der Waals surface area (Å²) < 4.78 is 6.70. The first kappa shape index (κ1) is 14.9. The summed E-state index contributed by atoms with van der Waals surface area (Å²) in [6, 6.07) is 2.24. The van der Waals surface area contributed by atoms with Crippen molar-refractivity contribution in [3.63, 3.8) is 0 Å². The van der Waals surface area contributed by atoms with E-state index in [9.17, 15) is 9.90 Å². The van der Waals surface area contributed by atoms with E-state index in [0.29, 0.717) is 0 Å². The molecule has 0 saturated heterocycles. The largest absolute Gasteiger partial charge is 0.495 e. The molecule has 0 aliphatic heterocycles. The van der Waals surface area contributed by atoms with E-state index in [1.165, 1.54) is 30.4 Å². The fourth-order valence-corrected chi connectivity index (χ4v) is 4.41. The van der Waals surface area contributed by atoms with Crippen molar-refractivity contribution in [3.8, 4) is 5.75 Å². The predicted octanol–water partition coefficient (Wildman–Crippen LogP) is 4.23. The molecule has 0 amide bonds. The summed E-state index contributed by atoms with van der Waals surface area (Å²) in [6.45, 7) is 0. The minimum absolute atomic E-state index is 0.203. The van der Waals surface area contributed by atoms with Crippen molar-refractivity contribution in [1.29, 1.82) is 0 Å². The number of methoxy groups -OCH3 is 1. The van der Waals surface area contributed by atoms with E-state index in [1.807, 2.05) is 0 Å². The standard InChI is InChI=1S/C17H21BrO3/c1-21-16-13(17(7-8-17)10-14(19)20)9-11-5-3-2-4-6-12(11)15(16)18/h9H,2-8,10H2,1H3,(H,19,20). The monoisotopic (exact) mass is 352 g/mol. The van der Waals surface area contributed by atoms with Gasteiger partial charge in [-0.05, 0) is 65.6 Å². The molecule has 1 aromatic carbocycles. The average Bonchev–Trinajstić information content (AvgIpc) is 3.22. The van der Waals surface area contributed by atoms with Crippen LogP contribution in [-0.4, -0.2) is 18.2 Å². The van der Waals surface area contributed by atoms with Crippen LogP contribution in [0.15, 0.2) is 10.5 Å². The molecule has 0 radical (unpaired) electrons. The normalized spacial score (nSPS) is 19.5. The Kier molecular flexibility index (Phi) is 4.00. The van der Waals surface area contributed by atoms with E-state index in [2.05, 4.69) is 22.0 Å². The highest BCUT2D eigenvalue weighted by atomic mass is 79.9. The van der Waals surface area contributed by atoms with Gasteiger partial charge < -0.3 is 9.84 Å². The Morgan fingerprint density at radius 2 is 2.05 bits per heavy atom. The second-order valence-electron chi connectivity index (χ2n) is 6.32. The second-order valence-corrected chi connectivity index (χ2v) is 7.11. The third kappa shape index (κ3) is 2.70. The molecule has 0 bridgehead atoms. The number of carboxylic acids is 1. The van der Waals surface area contributed by atoms with Crippen molar-refractivity contribution < 1.29 is 14.6 Å². The van der Waals surface area contributed by atoms with Crippen molar-refractivity contribution in [1.82, 2.24) is 0 Å². The average molecular weight is 353 g/mol. The van der Waals surface area contributed by atoms with Crippen molar-refractivity contribution >= 4 is 21.9 Å². The lowest BCUT2D eigenvalue weighted by atomic mass is 9.87. The van der Waals surface area contributed by atoms with E-state index < -0.39 is 5.97 Å². The lowest BCUT2D eigenvalue weighted by molar-refractivity contribution is -0.137. The molecule has 1 aromatic rings. The zero-order valence-electron chi connectivity index (χ0n) is 12.4. The maximum absolute atomic E-state index is 11.2. The van der Waals surface area contributed by atoms with Gasteiger partial charge in [0.1, 0.15) is 5.75 Å². The maximum atomic E-state index is 11.2. The van der Waals surface area contributed by atoms with Crippen molar-refractivity contribution in [2.45, 2.75) is 56.8 Å². The molecule has 3 nitrogen and oxygen atoms in total. The number of carboxylic acid groups (broad SMARTS) is 1. The minimum atomic E-state index is -0.722. The van der Waals surface area contributed by atoms with Gasteiger partial charge in [0.25, 0.3) is 0 Å². The van der Waals surface area contributed by atoms with E-state index in [0.717, 1.165) is 41.5 Å². The molecule has 0 heterocycles. The lowest BCUT2D eigenvalue weighted by Crippen LogP contribution is -2.15. The maximum Gasteiger partial charge on any atom is 0.304 e. The van der Waals surface area contributed by atoms with E-state index in [1.54, 1.807) is 7.11 Å². The lowest BCUT2D eigenvalue weighted by Gasteiger charge is -2.22. The van der Waals surface area contributed by atoms with Gasteiger partial charge in [0, 0.05) is 11.0 Å². The molecule has 3 rings (SSSR count). The summed E-state index contributed by atoms with van der Waals surface area (Å²) in [5.74, 6) is 0.134. The smallest absolute Gasteiger partial charge is 0.304 e. The molecule has 0 unspecified atom stereocenters. The zero-order valence-corrected chi connectivity index (χ0v) is 14.0. The van der Waals surface area contributed by atoms with E-state index >= 15 is 0 Å². The van der Waals surface area contributed by atoms with Crippen LogP contribution < -0.4 is 4.74 Å². The Balaban J connectivity index is 2.10. The highest BCUT2D eigenvalue weighted by molar-refractivity contribution is 9.10. The molecular weight excluding hydrogens is 332 g/mol.